The molecule has 17 heavy (non-hydrogen) atoms. The molecule has 2 heteroatoms. The molecule has 1 aliphatic heterocycles. The van der Waals surface area contributed by atoms with Crippen molar-refractivity contribution in [1.29, 1.82) is 0 Å². The third-order valence-electron chi connectivity index (χ3n) is 3.12. The Morgan fingerprint density at radius 1 is 1.24 bits per heavy atom. The van der Waals surface area contributed by atoms with Crippen molar-refractivity contribution in [1.82, 2.24) is 4.98 Å². The Hall–Kier alpha value is -1.83. The summed E-state index contributed by atoms with van der Waals surface area (Å²) < 4.78 is 0. The summed E-state index contributed by atoms with van der Waals surface area (Å²) in [4.78, 5) is 4.71. The number of allylic oxidation sites excluding steroid dienone is 3. The Bertz CT molecular complexity index is 608. The minimum atomic E-state index is 0.0839. The van der Waals surface area contributed by atoms with Crippen LogP contribution in [0.2, 0.25) is 0 Å². The van der Waals surface area contributed by atoms with Crippen LogP contribution in [-0.2, 0) is 0 Å². The van der Waals surface area contributed by atoms with E-state index >= 15 is 0 Å². The van der Waals surface area contributed by atoms with E-state index in [1.165, 1.54) is 5.22 Å². The van der Waals surface area contributed by atoms with E-state index in [0.717, 1.165) is 29.6 Å². The second kappa shape index (κ2) is 4.21. The molecule has 0 aromatic carbocycles. The van der Waals surface area contributed by atoms with E-state index in [9.17, 15) is 0 Å². The van der Waals surface area contributed by atoms with Crippen LogP contribution in [0.5, 0.6) is 0 Å². The van der Waals surface area contributed by atoms with Crippen molar-refractivity contribution in [2.24, 2.45) is 0 Å². The second-order valence-corrected chi connectivity index (χ2v) is 4.46. The molecule has 2 heterocycles. The third kappa shape index (κ3) is 2.03. The lowest BCUT2D eigenvalue weighted by Crippen LogP contribution is -2.31. The second-order valence-electron chi connectivity index (χ2n) is 4.46. The minimum absolute atomic E-state index is 0.0839. The lowest BCUT2D eigenvalue weighted by atomic mass is 10.1. The highest BCUT2D eigenvalue weighted by atomic mass is 14.9. The first-order chi connectivity index (χ1) is 8.33. The molecular formula is C15H15N2-. The SMILES string of the molecule is CC1=CC=CC(c2ccc3c(n2)=CCCC=3)[N-]1. The van der Waals surface area contributed by atoms with Gasteiger partial charge in [-0.3, -0.25) is 4.98 Å². The van der Waals surface area contributed by atoms with E-state index in [-0.39, 0.29) is 6.04 Å². The zero-order chi connectivity index (χ0) is 11.7. The summed E-state index contributed by atoms with van der Waals surface area (Å²) >= 11 is 0. The molecule has 1 aromatic heterocycles. The molecule has 3 rings (SSSR count). The van der Waals surface area contributed by atoms with Gasteiger partial charge in [0, 0.05) is 5.69 Å². The number of nitrogens with zero attached hydrogens (tertiary/aromatic N) is 2. The number of aromatic nitrogens is 1. The van der Waals surface area contributed by atoms with Gasteiger partial charge >= 0.3 is 0 Å². The zero-order valence-corrected chi connectivity index (χ0v) is 9.93. The van der Waals surface area contributed by atoms with E-state index < -0.39 is 0 Å². The van der Waals surface area contributed by atoms with Gasteiger partial charge in [-0.25, -0.2) is 0 Å². The summed E-state index contributed by atoms with van der Waals surface area (Å²) in [5, 5.41) is 6.96. The lowest BCUT2D eigenvalue weighted by Gasteiger charge is -2.33. The molecule has 0 N–H and O–H groups in total. The topological polar surface area (TPSA) is 27.0 Å². The molecule has 2 nitrogen and oxygen atoms in total. The van der Waals surface area contributed by atoms with Gasteiger partial charge in [0.25, 0.3) is 0 Å². The first-order valence-electron chi connectivity index (χ1n) is 6.06. The third-order valence-corrected chi connectivity index (χ3v) is 3.12. The van der Waals surface area contributed by atoms with Crippen LogP contribution in [0, 0.1) is 0 Å². The van der Waals surface area contributed by atoms with Crippen LogP contribution < -0.4 is 10.6 Å². The van der Waals surface area contributed by atoms with Crippen molar-refractivity contribution in [2.45, 2.75) is 25.8 Å². The van der Waals surface area contributed by atoms with E-state index in [2.05, 4.69) is 41.8 Å². The molecule has 0 fully saturated rings. The molecule has 0 amide bonds. The Morgan fingerprint density at radius 2 is 2.12 bits per heavy atom. The van der Waals surface area contributed by atoms with Crippen molar-refractivity contribution in [3.05, 3.63) is 57.6 Å². The highest BCUT2D eigenvalue weighted by Gasteiger charge is 2.03. The van der Waals surface area contributed by atoms with Crippen molar-refractivity contribution >= 4 is 12.2 Å². The van der Waals surface area contributed by atoms with E-state index in [1.54, 1.807) is 0 Å². The highest BCUT2D eigenvalue weighted by molar-refractivity contribution is 5.40. The molecule has 1 atom stereocenters. The smallest absolute Gasteiger partial charge is 0.0661 e. The van der Waals surface area contributed by atoms with Crippen molar-refractivity contribution < 1.29 is 0 Å². The summed E-state index contributed by atoms with van der Waals surface area (Å²) in [5.41, 5.74) is 2.10. The Balaban J connectivity index is 2.01. The number of pyridine rings is 1. The first kappa shape index (κ1) is 10.3. The molecule has 1 aromatic rings. The molecule has 0 saturated heterocycles. The summed E-state index contributed by atoms with van der Waals surface area (Å²) in [6, 6.07) is 4.33. The van der Waals surface area contributed by atoms with Gasteiger partial charge in [0.1, 0.15) is 0 Å². The first-order valence-corrected chi connectivity index (χ1v) is 6.06. The van der Waals surface area contributed by atoms with Crippen LogP contribution in [0.1, 0.15) is 31.5 Å². The van der Waals surface area contributed by atoms with Crippen LogP contribution >= 0.6 is 0 Å². The normalized spacial score (nSPS) is 21.7. The van der Waals surface area contributed by atoms with Crippen LogP contribution in [-0.4, -0.2) is 4.98 Å². The molecule has 0 radical (unpaired) electrons. The summed E-state index contributed by atoms with van der Waals surface area (Å²) in [7, 11) is 0. The van der Waals surface area contributed by atoms with Gasteiger partial charge in [-0.05, 0) is 24.1 Å². The highest BCUT2D eigenvalue weighted by Crippen LogP contribution is 2.28. The Labute approximate surface area is 101 Å². The summed E-state index contributed by atoms with van der Waals surface area (Å²) in [5.74, 6) is 0. The average molecular weight is 223 g/mol. The molecule has 0 spiro atoms. The fourth-order valence-corrected chi connectivity index (χ4v) is 2.23. The fourth-order valence-electron chi connectivity index (χ4n) is 2.23. The Kier molecular flexibility index (Phi) is 2.56. The van der Waals surface area contributed by atoms with Gasteiger partial charge in [0.2, 0.25) is 0 Å². The van der Waals surface area contributed by atoms with E-state index in [0.29, 0.717) is 0 Å². The van der Waals surface area contributed by atoms with Gasteiger partial charge in [-0.1, -0.05) is 49.4 Å². The quantitative estimate of drug-likeness (QED) is 0.717. The predicted molar refractivity (Wildman–Crippen MR) is 70.6 cm³/mol. The van der Waals surface area contributed by atoms with Gasteiger partial charge in [0.15, 0.2) is 0 Å². The zero-order valence-electron chi connectivity index (χ0n) is 9.93. The molecule has 1 unspecified atom stereocenters. The number of rotatable bonds is 1. The Morgan fingerprint density at radius 3 is 3.00 bits per heavy atom. The van der Waals surface area contributed by atoms with Crippen LogP contribution in [0.15, 0.2) is 36.1 Å². The fraction of sp³-hybridized carbons (Fsp3) is 0.267. The largest absolute Gasteiger partial charge is 0.677 e. The number of hydrogen-bond acceptors (Lipinski definition) is 1. The molecule has 0 saturated carbocycles. The number of fused-ring (bicyclic) bond motifs is 1. The lowest BCUT2D eigenvalue weighted by molar-refractivity contribution is 0.913. The van der Waals surface area contributed by atoms with Crippen molar-refractivity contribution in [3.8, 4) is 0 Å². The standard InChI is InChI=1S/C15H15N2/c1-11-5-4-8-14(16-11)15-10-9-12-6-2-3-7-13(12)17-15/h4-10,14H,2-3H2,1H3/q-1. The van der Waals surface area contributed by atoms with Gasteiger partial charge in [-0.2, -0.15) is 5.70 Å². The van der Waals surface area contributed by atoms with Gasteiger partial charge < -0.3 is 5.32 Å². The summed E-state index contributed by atoms with van der Waals surface area (Å²) in [6.07, 6.45) is 12.9. The molecule has 1 aliphatic carbocycles. The van der Waals surface area contributed by atoms with E-state index in [1.807, 2.05) is 13.0 Å². The maximum absolute atomic E-state index is 4.71. The van der Waals surface area contributed by atoms with Gasteiger partial charge in [0.05, 0.1) is 5.35 Å². The average Bonchev–Trinajstić information content (AvgIpc) is 2.38. The summed E-state index contributed by atoms with van der Waals surface area (Å²) in [6.45, 7) is 2.02. The van der Waals surface area contributed by atoms with Crippen LogP contribution in [0.25, 0.3) is 17.5 Å². The minimum Gasteiger partial charge on any atom is -0.677 e. The molecular weight excluding hydrogens is 208 g/mol. The predicted octanol–water partition coefficient (Wildman–Crippen LogP) is 2.32. The maximum Gasteiger partial charge on any atom is 0.0661 e. The number of hydrogen-bond donors (Lipinski definition) is 0. The molecule has 86 valence electrons. The van der Waals surface area contributed by atoms with Crippen LogP contribution in [0.4, 0.5) is 0 Å². The van der Waals surface area contributed by atoms with Gasteiger partial charge in [-0.15, -0.1) is 0 Å². The van der Waals surface area contributed by atoms with E-state index in [4.69, 9.17) is 4.98 Å². The van der Waals surface area contributed by atoms with Crippen molar-refractivity contribution in [2.75, 3.05) is 0 Å². The van der Waals surface area contributed by atoms with Crippen LogP contribution in [0.3, 0.4) is 0 Å². The molecule has 2 aliphatic rings. The monoisotopic (exact) mass is 223 g/mol. The maximum atomic E-state index is 4.71. The molecule has 0 bridgehead atoms. The van der Waals surface area contributed by atoms with Crippen molar-refractivity contribution in [3.63, 3.8) is 0 Å².